The molecule has 30 heavy (non-hydrogen) atoms. The molecule has 2 aromatic heterocycles. The highest BCUT2D eigenvalue weighted by atomic mass is 16.5. The topological polar surface area (TPSA) is 94.7 Å². The largest absolute Gasteiger partial charge is 0.479 e. The van der Waals surface area contributed by atoms with Crippen LogP contribution in [0.25, 0.3) is 11.5 Å². The number of aliphatic carboxylic acids is 1. The zero-order chi connectivity index (χ0) is 21.7. The lowest BCUT2D eigenvalue weighted by molar-refractivity contribution is -0.159. The third kappa shape index (κ3) is 5.04. The minimum atomic E-state index is -1.29. The van der Waals surface area contributed by atoms with Crippen molar-refractivity contribution in [1.82, 2.24) is 9.97 Å². The van der Waals surface area contributed by atoms with Crippen molar-refractivity contribution in [3.05, 3.63) is 65.2 Å². The summed E-state index contributed by atoms with van der Waals surface area (Å²) in [6.07, 6.45) is 2.41. The minimum absolute atomic E-state index is 0.214. The Balaban J connectivity index is 1.57. The number of benzene rings is 1. The molecule has 0 bridgehead atoms. The van der Waals surface area contributed by atoms with Crippen molar-refractivity contribution in [3.8, 4) is 17.3 Å². The minimum Gasteiger partial charge on any atom is -0.479 e. The van der Waals surface area contributed by atoms with E-state index in [1.165, 1.54) is 14.0 Å². The monoisotopic (exact) mass is 410 g/mol. The third-order valence-corrected chi connectivity index (χ3v) is 4.99. The van der Waals surface area contributed by atoms with Gasteiger partial charge in [-0.2, -0.15) is 0 Å². The lowest BCUT2D eigenvalue weighted by Crippen LogP contribution is -2.39. The molecule has 7 heteroatoms. The molecular formula is C23H26N2O5. The second kappa shape index (κ2) is 9.09. The fourth-order valence-electron chi connectivity index (χ4n) is 3.04. The number of carboxylic acid groups (broad SMARTS) is 1. The highest BCUT2D eigenvalue weighted by Gasteiger charge is 2.33. The number of pyridine rings is 1. The van der Waals surface area contributed by atoms with Crippen LogP contribution in [0.15, 0.2) is 47.0 Å². The van der Waals surface area contributed by atoms with E-state index in [9.17, 15) is 9.90 Å². The molecule has 158 valence electrons. The number of hydrogen-bond acceptors (Lipinski definition) is 6. The summed E-state index contributed by atoms with van der Waals surface area (Å²) in [4.78, 5) is 20.2. The number of methoxy groups -OCH3 is 1. The molecule has 0 amide bonds. The van der Waals surface area contributed by atoms with E-state index in [0.717, 1.165) is 28.1 Å². The summed E-state index contributed by atoms with van der Waals surface area (Å²) in [7, 11) is 1.38. The van der Waals surface area contributed by atoms with E-state index in [2.05, 4.69) is 9.97 Å². The standard InChI is InChI=1S/C23H26N2O5/c1-15-6-5-7-18(12-15)21-25-19(16(2)30-21)10-11-29-20-9-8-17(14-24-20)13-23(3,28-4)22(26)27/h5-9,12,14H,10-11,13H2,1-4H3,(H,26,27). The number of hydrogen-bond donors (Lipinski definition) is 1. The Hall–Kier alpha value is -3.19. The number of oxazole rings is 1. The number of rotatable bonds is 9. The first kappa shape index (κ1) is 21.5. The van der Waals surface area contributed by atoms with Crippen molar-refractivity contribution >= 4 is 5.97 Å². The first-order valence-electron chi connectivity index (χ1n) is 9.70. The van der Waals surface area contributed by atoms with Crippen LogP contribution in [0.4, 0.5) is 0 Å². The number of aromatic nitrogens is 2. The molecule has 0 aliphatic heterocycles. The molecule has 0 fully saturated rings. The van der Waals surface area contributed by atoms with E-state index < -0.39 is 11.6 Å². The van der Waals surface area contributed by atoms with Crippen molar-refractivity contribution in [1.29, 1.82) is 0 Å². The first-order chi connectivity index (χ1) is 14.3. The zero-order valence-electron chi connectivity index (χ0n) is 17.6. The number of aryl methyl sites for hydroxylation is 2. The van der Waals surface area contributed by atoms with Crippen molar-refractivity contribution in [2.75, 3.05) is 13.7 Å². The molecule has 1 aromatic carbocycles. The van der Waals surface area contributed by atoms with Crippen LogP contribution in [0, 0.1) is 13.8 Å². The molecule has 0 saturated carbocycles. The van der Waals surface area contributed by atoms with Crippen molar-refractivity contribution in [3.63, 3.8) is 0 Å². The maximum Gasteiger partial charge on any atom is 0.336 e. The Morgan fingerprint density at radius 1 is 1.23 bits per heavy atom. The number of carbonyl (C=O) groups is 1. The Kier molecular flexibility index (Phi) is 6.52. The highest BCUT2D eigenvalue weighted by Crippen LogP contribution is 2.23. The number of carboxylic acids is 1. The van der Waals surface area contributed by atoms with Crippen LogP contribution in [0.2, 0.25) is 0 Å². The first-order valence-corrected chi connectivity index (χ1v) is 9.70. The Morgan fingerprint density at radius 2 is 2.03 bits per heavy atom. The second-order valence-corrected chi connectivity index (χ2v) is 7.41. The molecule has 0 spiro atoms. The lowest BCUT2D eigenvalue weighted by atomic mass is 9.97. The van der Waals surface area contributed by atoms with Crippen LogP contribution in [0.1, 0.15) is 29.5 Å². The van der Waals surface area contributed by atoms with Gasteiger partial charge in [0.05, 0.1) is 12.3 Å². The average molecular weight is 410 g/mol. The Labute approximate surface area is 175 Å². The molecule has 0 aliphatic rings. The normalized spacial score (nSPS) is 13.1. The second-order valence-electron chi connectivity index (χ2n) is 7.41. The lowest BCUT2D eigenvalue weighted by Gasteiger charge is -2.22. The summed E-state index contributed by atoms with van der Waals surface area (Å²) in [5.41, 5.74) is 2.41. The molecular weight excluding hydrogens is 384 g/mol. The summed E-state index contributed by atoms with van der Waals surface area (Å²) < 4.78 is 16.7. The number of ether oxygens (including phenoxy) is 2. The average Bonchev–Trinajstić information content (AvgIpc) is 3.10. The summed E-state index contributed by atoms with van der Waals surface area (Å²) in [6.45, 7) is 5.86. The molecule has 0 saturated heterocycles. The van der Waals surface area contributed by atoms with Gasteiger partial charge in [-0.15, -0.1) is 0 Å². The summed E-state index contributed by atoms with van der Waals surface area (Å²) in [5.74, 6) is 0.825. The van der Waals surface area contributed by atoms with Gasteiger partial charge in [0.25, 0.3) is 0 Å². The fourth-order valence-corrected chi connectivity index (χ4v) is 3.04. The van der Waals surface area contributed by atoms with Gasteiger partial charge in [-0.3, -0.25) is 0 Å². The van der Waals surface area contributed by atoms with Gasteiger partial charge in [0.15, 0.2) is 5.60 Å². The molecule has 0 radical (unpaired) electrons. The number of nitrogens with zero attached hydrogens (tertiary/aromatic N) is 2. The van der Waals surface area contributed by atoms with E-state index in [1.54, 1.807) is 18.3 Å². The van der Waals surface area contributed by atoms with E-state index in [1.807, 2.05) is 38.1 Å². The van der Waals surface area contributed by atoms with Crippen LogP contribution < -0.4 is 4.74 Å². The highest BCUT2D eigenvalue weighted by molar-refractivity contribution is 5.77. The van der Waals surface area contributed by atoms with E-state index in [4.69, 9.17) is 13.9 Å². The van der Waals surface area contributed by atoms with Gasteiger partial charge in [0.1, 0.15) is 5.76 Å². The van der Waals surface area contributed by atoms with Gasteiger partial charge >= 0.3 is 5.97 Å². The quantitative estimate of drug-likeness (QED) is 0.569. The van der Waals surface area contributed by atoms with Crippen LogP contribution in [-0.2, 0) is 22.4 Å². The molecule has 1 atom stereocenters. The summed E-state index contributed by atoms with van der Waals surface area (Å²) in [5, 5.41) is 9.30. The van der Waals surface area contributed by atoms with Crippen molar-refractivity contribution in [2.24, 2.45) is 0 Å². The molecule has 7 nitrogen and oxygen atoms in total. The van der Waals surface area contributed by atoms with Gasteiger partial charge in [-0.1, -0.05) is 23.8 Å². The fraction of sp³-hybridized carbons (Fsp3) is 0.348. The van der Waals surface area contributed by atoms with Crippen molar-refractivity contribution < 1.29 is 23.8 Å². The van der Waals surface area contributed by atoms with Gasteiger partial charge < -0.3 is 19.0 Å². The SMILES string of the molecule is COC(C)(Cc1ccc(OCCc2nc(-c3cccc(C)c3)oc2C)nc1)C(=O)O. The van der Waals surface area contributed by atoms with Crippen molar-refractivity contribution in [2.45, 2.75) is 39.2 Å². The van der Waals surface area contributed by atoms with Crippen LogP contribution in [-0.4, -0.2) is 40.4 Å². The maximum atomic E-state index is 11.4. The molecule has 3 aromatic rings. The third-order valence-electron chi connectivity index (χ3n) is 4.99. The maximum absolute atomic E-state index is 11.4. The summed E-state index contributed by atoms with van der Waals surface area (Å²) in [6, 6.07) is 11.5. The Bertz CT molecular complexity index is 1010. The van der Waals surface area contributed by atoms with E-state index in [-0.39, 0.29) is 6.42 Å². The molecule has 3 rings (SSSR count). The van der Waals surface area contributed by atoms with Crippen LogP contribution in [0.3, 0.4) is 0 Å². The predicted octanol–water partition coefficient (Wildman–Crippen LogP) is 4.01. The van der Waals surface area contributed by atoms with E-state index >= 15 is 0 Å². The smallest absolute Gasteiger partial charge is 0.336 e. The zero-order valence-corrected chi connectivity index (χ0v) is 17.6. The predicted molar refractivity (Wildman–Crippen MR) is 112 cm³/mol. The van der Waals surface area contributed by atoms with Crippen LogP contribution in [0.5, 0.6) is 5.88 Å². The molecule has 1 unspecified atom stereocenters. The molecule has 2 heterocycles. The van der Waals surface area contributed by atoms with Gasteiger partial charge in [-0.05, 0) is 38.5 Å². The van der Waals surface area contributed by atoms with Gasteiger partial charge in [0.2, 0.25) is 11.8 Å². The van der Waals surface area contributed by atoms with Gasteiger partial charge in [0, 0.05) is 37.8 Å². The van der Waals surface area contributed by atoms with Crippen LogP contribution >= 0.6 is 0 Å². The Morgan fingerprint density at radius 3 is 2.67 bits per heavy atom. The van der Waals surface area contributed by atoms with Gasteiger partial charge in [-0.25, -0.2) is 14.8 Å². The molecule has 1 N–H and O–H groups in total. The van der Waals surface area contributed by atoms with E-state index in [0.29, 0.717) is 24.8 Å². The summed E-state index contributed by atoms with van der Waals surface area (Å²) >= 11 is 0. The molecule has 0 aliphatic carbocycles.